The van der Waals surface area contributed by atoms with Crippen LogP contribution in [0.3, 0.4) is 0 Å². The lowest BCUT2D eigenvalue weighted by atomic mass is 10.1. The number of esters is 1. The predicted molar refractivity (Wildman–Crippen MR) is 110 cm³/mol. The normalized spacial score (nSPS) is 11.0. The molecular formula is C22H25N3O4. The minimum absolute atomic E-state index is 0.0137. The molecule has 0 aliphatic heterocycles. The number of fused-ring (bicyclic) bond motifs is 1. The van der Waals surface area contributed by atoms with Crippen molar-refractivity contribution < 1.29 is 14.3 Å². The Morgan fingerprint density at radius 3 is 2.62 bits per heavy atom. The van der Waals surface area contributed by atoms with Crippen molar-refractivity contribution >= 4 is 22.7 Å². The Labute approximate surface area is 168 Å². The maximum Gasteiger partial charge on any atom is 0.308 e. The Hall–Kier alpha value is -3.22. The third-order valence-electron chi connectivity index (χ3n) is 5.17. The highest BCUT2D eigenvalue weighted by Crippen LogP contribution is 2.16. The van der Waals surface area contributed by atoms with E-state index in [0.29, 0.717) is 16.5 Å². The van der Waals surface area contributed by atoms with E-state index in [0.717, 1.165) is 23.5 Å². The van der Waals surface area contributed by atoms with Crippen molar-refractivity contribution in [2.45, 2.75) is 47.2 Å². The Balaban J connectivity index is 1.61. The van der Waals surface area contributed by atoms with E-state index in [1.807, 2.05) is 44.4 Å². The molecule has 0 radical (unpaired) electrons. The number of nitrogens with zero attached hydrogens (tertiary/aromatic N) is 3. The van der Waals surface area contributed by atoms with Crippen LogP contribution in [0.1, 0.15) is 40.7 Å². The summed E-state index contributed by atoms with van der Waals surface area (Å²) in [7, 11) is 0. The van der Waals surface area contributed by atoms with E-state index in [1.54, 1.807) is 12.1 Å². The number of hydrogen-bond donors (Lipinski definition) is 0. The van der Waals surface area contributed by atoms with Crippen molar-refractivity contribution in [1.82, 2.24) is 14.1 Å². The Morgan fingerprint density at radius 2 is 1.93 bits per heavy atom. The lowest BCUT2D eigenvalue weighted by Crippen LogP contribution is -2.23. The lowest BCUT2D eigenvalue weighted by Gasteiger charge is -2.08. The number of ether oxygens (including phenoxy) is 1. The third kappa shape index (κ3) is 4.13. The van der Waals surface area contributed by atoms with Crippen LogP contribution in [0.25, 0.3) is 10.9 Å². The van der Waals surface area contributed by atoms with Gasteiger partial charge >= 0.3 is 5.97 Å². The first-order valence-electron chi connectivity index (χ1n) is 9.63. The molecule has 0 saturated heterocycles. The summed E-state index contributed by atoms with van der Waals surface area (Å²) in [6, 6.07) is 7.24. The molecule has 2 heterocycles. The van der Waals surface area contributed by atoms with Crippen LogP contribution in [0.4, 0.5) is 0 Å². The molecule has 152 valence electrons. The van der Waals surface area contributed by atoms with Crippen LogP contribution in [0, 0.1) is 20.8 Å². The average Bonchev–Trinajstić information content (AvgIpc) is 2.99. The second-order valence-corrected chi connectivity index (χ2v) is 7.08. The van der Waals surface area contributed by atoms with E-state index in [9.17, 15) is 14.4 Å². The fourth-order valence-corrected chi connectivity index (χ4v) is 3.57. The van der Waals surface area contributed by atoms with Gasteiger partial charge in [-0.2, -0.15) is 0 Å². The molecule has 0 aliphatic rings. The molecule has 2 aromatic heterocycles. The van der Waals surface area contributed by atoms with E-state index < -0.39 is 5.97 Å². The quantitative estimate of drug-likeness (QED) is 0.454. The van der Waals surface area contributed by atoms with Crippen LogP contribution in [0.2, 0.25) is 0 Å². The van der Waals surface area contributed by atoms with Crippen LogP contribution in [-0.4, -0.2) is 32.5 Å². The minimum atomic E-state index is -0.529. The zero-order chi connectivity index (χ0) is 21.1. The van der Waals surface area contributed by atoms with Crippen LogP contribution < -0.4 is 5.56 Å². The second-order valence-electron chi connectivity index (χ2n) is 7.08. The molecule has 0 spiro atoms. The van der Waals surface area contributed by atoms with Crippen molar-refractivity contribution in [3.8, 4) is 0 Å². The average molecular weight is 395 g/mol. The summed E-state index contributed by atoms with van der Waals surface area (Å²) in [5, 5.41) is 0.516. The Bertz CT molecular complexity index is 1140. The second kappa shape index (κ2) is 8.43. The monoisotopic (exact) mass is 395 g/mol. The molecule has 7 nitrogen and oxygen atoms in total. The fourth-order valence-electron chi connectivity index (χ4n) is 3.57. The van der Waals surface area contributed by atoms with E-state index in [4.69, 9.17) is 4.74 Å². The van der Waals surface area contributed by atoms with Crippen LogP contribution in [-0.2, 0) is 22.6 Å². The number of rotatable bonds is 7. The molecular weight excluding hydrogens is 370 g/mol. The number of aryl methyl sites for hydroxylation is 3. The van der Waals surface area contributed by atoms with Gasteiger partial charge in [0.2, 0.25) is 5.78 Å². The standard InChI is InChI=1S/C22H25N3O4/c1-5-25-15(3)11-18(16(25)4)19(26)12-29-20(27)9-10-24-13-23-21-14(2)7-6-8-17(21)22(24)28/h6-8,11,13H,5,9-10,12H2,1-4H3. The summed E-state index contributed by atoms with van der Waals surface area (Å²) in [4.78, 5) is 41.4. The number of hydrogen-bond acceptors (Lipinski definition) is 5. The molecule has 0 saturated carbocycles. The van der Waals surface area contributed by atoms with Gasteiger partial charge in [-0.25, -0.2) is 4.98 Å². The molecule has 0 unspecified atom stereocenters. The summed E-state index contributed by atoms with van der Waals surface area (Å²) < 4.78 is 8.56. The first-order valence-corrected chi connectivity index (χ1v) is 9.63. The lowest BCUT2D eigenvalue weighted by molar-refractivity contribution is -0.142. The Morgan fingerprint density at radius 1 is 1.17 bits per heavy atom. The van der Waals surface area contributed by atoms with Gasteiger partial charge in [0.05, 0.1) is 23.7 Å². The number of benzene rings is 1. The third-order valence-corrected chi connectivity index (χ3v) is 5.17. The van der Waals surface area contributed by atoms with E-state index >= 15 is 0 Å². The SMILES string of the molecule is CCn1c(C)cc(C(=O)COC(=O)CCn2cnc3c(C)cccc3c2=O)c1C. The van der Waals surface area contributed by atoms with Gasteiger partial charge in [0.25, 0.3) is 5.56 Å². The molecule has 0 bridgehead atoms. The zero-order valence-electron chi connectivity index (χ0n) is 17.2. The number of Topliss-reactive ketones (excluding diaryl/α,β-unsaturated/α-hetero) is 1. The Kier molecular flexibility index (Phi) is 5.96. The summed E-state index contributed by atoms with van der Waals surface area (Å²) in [6.07, 6.45) is 1.43. The summed E-state index contributed by atoms with van der Waals surface area (Å²) >= 11 is 0. The molecule has 29 heavy (non-hydrogen) atoms. The molecule has 3 rings (SSSR count). The highest BCUT2D eigenvalue weighted by atomic mass is 16.5. The number of carbonyl (C=O) groups excluding carboxylic acids is 2. The van der Waals surface area contributed by atoms with E-state index in [2.05, 4.69) is 4.98 Å². The van der Waals surface area contributed by atoms with Crippen molar-refractivity contribution in [2.24, 2.45) is 0 Å². The number of carbonyl (C=O) groups is 2. The van der Waals surface area contributed by atoms with Gasteiger partial charge in [0.1, 0.15) is 0 Å². The van der Waals surface area contributed by atoms with E-state index in [-0.39, 0.29) is 30.9 Å². The highest BCUT2D eigenvalue weighted by molar-refractivity contribution is 5.99. The first kappa shape index (κ1) is 20.5. The van der Waals surface area contributed by atoms with Gasteiger partial charge in [-0.1, -0.05) is 12.1 Å². The van der Waals surface area contributed by atoms with Gasteiger partial charge in [0, 0.05) is 30.0 Å². The van der Waals surface area contributed by atoms with Crippen LogP contribution in [0.15, 0.2) is 35.4 Å². The van der Waals surface area contributed by atoms with Crippen LogP contribution in [0.5, 0.6) is 0 Å². The first-order chi connectivity index (χ1) is 13.8. The molecule has 0 N–H and O–H groups in total. The molecule has 1 aromatic carbocycles. The van der Waals surface area contributed by atoms with Crippen molar-refractivity contribution in [3.63, 3.8) is 0 Å². The number of ketones is 1. The van der Waals surface area contributed by atoms with Gasteiger partial charge in [-0.3, -0.25) is 19.0 Å². The molecule has 0 fully saturated rings. The van der Waals surface area contributed by atoms with Crippen molar-refractivity contribution in [2.75, 3.05) is 6.61 Å². The summed E-state index contributed by atoms with van der Waals surface area (Å²) in [6.45, 7) is 8.34. The number of aromatic nitrogens is 3. The molecule has 0 atom stereocenters. The van der Waals surface area contributed by atoms with E-state index in [1.165, 1.54) is 10.9 Å². The maximum atomic E-state index is 12.6. The fraction of sp³-hybridized carbons (Fsp3) is 0.364. The van der Waals surface area contributed by atoms with Gasteiger partial charge in [0.15, 0.2) is 6.61 Å². The molecule has 3 aromatic rings. The van der Waals surface area contributed by atoms with Crippen molar-refractivity contribution in [1.29, 1.82) is 0 Å². The summed E-state index contributed by atoms with van der Waals surface area (Å²) in [5.41, 5.74) is 3.82. The maximum absolute atomic E-state index is 12.6. The smallest absolute Gasteiger partial charge is 0.308 e. The summed E-state index contributed by atoms with van der Waals surface area (Å²) in [5.74, 6) is -0.759. The topological polar surface area (TPSA) is 83.2 Å². The molecule has 0 amide bonds. The van der Waals surface area contributed by atoms with Crippen LogP contribution >= 0.6 is 0 Å². The molecule has 0 aliphatic carbocycles. The predicted octanol–water partition coefficient (Wildman–Crippen LogP) is 2.96. The number of para-hydroxylation sites is 1. The van der Waals surface area contributed by atoms with Gasteiger partial charge in [-0.05, 0) is 45.4 Å². The largest absolute Gasteiger partial charge is 0.457 e. The van der Waals surface area contributed by atoms with Gasteiger partial charge < -0.3 is 9.30 Å². The zero-order valence-corrected chi connectivity index (χ0v) is 17.2. The van der Waals surface area contributed by atoms with Gasteiger partial charge in [-0.15, -0.1) is 0 Å². The molecule has 7 heteroatoms. The highest BCUT2D eigenvalue weighted by Gasteiger charge is 2.17. The van der Waals surface area contributed by atoms with Crippen molar-refractivity contribution in [3.05, 3.63) is 63.5 Å². The minimum Gasteiger partial charge on any atom is -0.457 e.